The van der Waals surface area contributed by atoms with Crippen LogP contribution in [0.1, 0.15) is 54.9 Å². The molecule has 0 bridgehead atoms. The molecule has 0 aromatic rings. The predicted molar refractivity (Wildman–Crippen MR) is 96.9 cm³/mol. The minimum atomic E-state index is -1.09. The largest absolute Gasteiger partial charge is 0.467 e. The van der Waals surface area contributed by atoms with Crippen LogP contribution in [0.15, 0.2) is 0 Å². The number of Topliss-reactive ketones (excluding diaryl/α,β-unsaturated/α-hetero) is 1. The van der Waals surface area contributed by atoms with Gasteiger partial charge in [0, 0.05) is 18.4 Å². The number of likely N-dealkylation sites (tertiary alicyclic amines) is 1. The highest BCUT2D eigenvalue weighted by Crippen LogP contribution is 2.35. The molecule has 8 nitrogen and oxygen atoms in total. The van der Waals surface area contributed by atoms with E-state index in [1.165, 1.54) is 18.9 Å². The maximum Gasteiger partial charge on any atom is 0.411 e. The summed E-state index contributed by atoms with van der Waals surface area (Å²) in [6.45, 7) is 11.7. The van der Waals surface area contributed by atoms with Crippen LogP contribution >= 0.6 is 0 Å². The molecule has 3 atom stereocenters. The van der Waals surface area contributed by atoms with E-state index in [0.29, 0.717) is 0 Å². The quantitative estimate of drug-likeness (QED) is 0.541. The predicted octanol–water partition coefficient (Wildman–Crippen LogP) is 2.33. The Bertz CT molecular complexity index is 600. The Morgan fingerprint density at radius 1 is 0.963 bits per heavy atom. The Balaban J connectivity index is 3.18. The highest BCUT2D eigenvalue weighted by atomic mass is 16.6. The van der Waals surface area contributed by atoms with Crippen LogP contribution in [0.25, 0.3) is 0 Å². The summed E-state index contributed by atoms with van der Waals surface area (Å²) < 4.78 is 15.5. The van der Waals surface area contributed by atoms with E-state index < -0.39 is 47.1 Å². The van der Waals surface area contributed by atoms with Crippen molar-refractivity contribution in [2.45, 2.75) is 72.1 Å². The molecule has 0 aliphatic carbocycles. The molecular formula is C19H31NO7. The third kappa shape index (κ3) is 6.52. The van der Waals surface area contributed by atoms with E-state index >= 15 is 0 Å². The van der Waals surface area contributed by atoms with Crippen molar-refractivity contribution in [3.8, 4) is 0 Å². The summed E-state index contributed by atoms with van der Waals surface area (Å²) in [5, 5.41) is 0. The van der Waals surface area contributed by atoms with Gasteiger partial charge < -0.3 is 14.2 Å². The lowest BCUT2D eigenvalue weighted by Gasteiger charge is -2.29. The lowest BCUT2D eigenvalue weighted by atomic mass is 9.85. The van der Waals surface area contributed by atoms with Gasteiger partial charge in [-0.25, -0.2) is 9.59 Å². The molecule has 8 heteroatoms. The Morgan fingerprint density at radius 3 is 1.89 bits per heavy atom. The number of carbonyl (C=O) groups excluding carboxylic acids is 4. The van der Waals surface area contributed by atoms with Crippen molar-refractivity contribution < 1.29 is 33.4 Å². The maximum absolute atomic E-state index is 12.6. The molecule has 0 spiro atoms. The second-order valence-corrected chi connectivity index (χ2v) is 8.77. The van der Waals surface area contributed by atoms with Crippen LogP contribution in [0.4, 0.5) is 4.79 Å². The van der Waals surface area contributed by atoms with E-state index in [1.807, 2.05) is 0 Å². The van der Waals surface area contributed by atoms with Gasteiger partial charge >= 0.3 is 18.0 Å². The number of hydrogen-bond donors (Lipinski definition) is 0. The fourth-order valence-electron chi connectivity index (χ4n) is 3.10. The molecule has 1 saturated heterocycles. The Kier molecular flexibility index (Phi) is 7.02. The lowest BCUT2D eigenvalue weighted by Crippen LogP contribution is -2.46. The molecule has 1 heterocycles. The summed E-state index contributed by atoms with van der Waals surface area (Å²) in [6.07, 6.45) is -0.906. The zero-order valence-electron chi connectivity index (χ0n) is 17.5. The monoisotopic (exact) mass is 385 g/mol. The lowest BCUT2D eigenvalue weighted by molar-refractivity contribution is -0.157. The number of amides is 1. The smallest absolute Gasteiger partial charge is 0.411 e. The minimum absolute atomic E-state index is 0.0164. The summed E-state index contributed by atoms with van der Waals surface area (Å²) in [7, 11) is 1.20. The summed E-state index contributed by atoms with van der Waals surface area (Å²) in [4.78, 5) is 50.6. The molecule has 154 valence electrons. The second kappa shape index (κ2) is 8.27. The molecule has 1 amide bonds. The Labute approximate surface area is 160 Å². The van der Waals surface area contributed by atoms with Gasteiger partial charge in [-0.15, -0.1) is 0 Å². The Morgan fingerprint density at radius 2 is 1.48 bits per heavy atom. The van der Waals surface area contributed by atoms with Crippen molar-refractivity contribution in [3.63, 3.8) is 0 Å². The molecule has 1 rings (SSSR count). The third-order valence-electron chi connectivity index (χ3n) is 4.07. The third-order valence-corrected chi connectivity index (χ3v) is 4.07. The topological polar surface area (TPSA) is 99.2 Å². The van der Waals surface area contributed by atoms with Gasteiger partial charge in [0.25, 0.3) is 0 Å². The van der Waals surface area contributed by atoms with Gasteiger partial charge in [-0.05, 0) is 48.5 Å². The van der Waals surface area contributed by atoms with Crippen LogP contribution in [-0.2, 0) is 28.6 Å². The van der Waals surface area contributed by atoms with Crippen LogP contribution in [0.3, 0.4) is 0 Å². The maximum atomic E-state index is 12.6. The molecular weight excluding hydrogens is 354 g/mol. The molecule has 27 heavy (non-hydrogen) atoms. The number of nitrogens with zero attached hydrogens (tertiary/aromatic N) is 1. The number of esters is 2. The van der Waals surface area contributed by atoms with E-state index in [-0.39, 0.29) is 18.7 Å². The molecule has 0 N–H and O–H groups in total. The van der Waals surface area contributed by atoms with Gasteiger partial charge in [-0.1, -0.05) is 0 Å². The van der Waals surface area contributed by atoms with Crippen molar-refractivity contribution in [1.29, 1.82) is 0 Å². The first-order valence-electron chi connectivity index (χ1n) is 8.96. The first-order valence-corrected chi connectivity index (χ1v) is 8.96. The van der Waals surface area contributed by atoms with Crippen molar-refractivity contribution in [1.82, 2.24) is 4.90 Å². The number of hydrogen-bond acceptors (Lipinski definition) is 7. The molecule has 0 radical (unpaired) electrons. The number of rotatable bonds is 4. The van der Waals surface area contributed by atoms with Gasteiger partial charge in [0.05, 0.1) is 13.5 Å². The number of ether oxygens (including phenoxy) is 3. The SMILES string of the molecule is COC(=O)[C@@H]1[C@@H](CC(=O)OC(C)(C)C)[C@@H](C(C)=O)CN1C(=O)OC(C)(C)C. The summed E-state index contributed by atoms with van der Waals surface area (Å²) >= 11 is 0. The van der Waals surface area contributed by atoms with Crippen LogP contribution in [-0.4, -0.2) is 59.6 Å². The molecule has 1 aliphatic rings. The molecule has 0 aromatic carbocycles. The second-order valence-electron chi connectivity index (χ2n) is 8.77. The molecule has 0 unspecified atom stereocenters. The Hall–Kier alpha value is -2.12. The number of ketones is 1. The first kappa shape index (κ1) is 22.9. The van der Waals surface area contributed by atoms with Crippen LogP contribution < -0.4 is 0 Å². The fourth-order valence-corrected chi connectivity index (χ4v) is 3.10. The number of carbonyl (C=O) groups is 4. The zero-order chi connectivity index (χ0) is 21.2. The van der Waals surface area contributed by atoms with Crippen molar-refractivity contribution >= 4 is 23.8 Å². The first-order chi connectivity index (χ1) is 12.2. The van der Waals surface area contributed by atoms with E-state index in [9.17, 15) is 19.2 Å². The minimum Gasteiger partial charge on any atom is -0.467 e. The highest BCUT2D eigenvalue weighted by molar-refractivity contribution is 5.88. The van der Waals surface area contributed by atoms with Gasteiger partial charge in [0.2, 0.25) is 0 Å². The standard InChI is InChI=1S/C19H31NO7/c1-11(21)13-10-20(17(24)27-19(5,6)7)15(16(23)25-8)12(13)9-14(22)26-18(2,3)4/h12-13,15H,9-10H2,1-8H3/t12-,13+,15-/m0/s1. The van der Waals surface area contributed by atoms with Gasteiger partial charge in [-0.3, -0.25) is 14.5 Å². The zero-order valence-corrected chi connectivity index (χ0v) is 17.5. The van der Waals surface area contributed by atoms with Gasteiger partial charge in [-0.2, -0.15) is 0 Å². The van der Waals surface area contributed by atoms with Gasteiger partial charge in [0.1, 0.15) is 23.0 Å². The fraction of sp³-hybridized carbons (Fsp3) is 0.789. The number of methoxy groups -OCH3 is 1. The highest BCUT2D eigenvalue weighted by Gasteiger charge is 2.52. The molecule has 0 saturated carbocycles. The van der Waals surface area contributed by atoms with E-state index in [2.05, 4.69) is 0 Å². The molecule has 0 aromatic heterocycles. The summed E-state index contributed by atoms with van der Waals surface area (Å²) in [5.41, 5.74) is -1.47. The summed E-state index contributed by atoms with van der Waals surface area (Å²) in [5.74, 6) is -2.88. The molecule has 1 aliphatic heterocycles. The normalized spacial score (nSPS) is 23.0. The van der Waals surface area contributed by atoms with E-state index in [4.69, 9.17) is 14.2 Å². The molecule has 1 fully saturated rings. The average molecular weight is 385 g/mol. The van der Waals surface area contributed by atoms with E-state index in [1.54, 1.807) is 41.5 Å². The van der Waals surface area contributed by atoms with Crippen molar-refractivity contribution in [2.75, 3.05) is 13.7 Å². The van der Waals surface area contributed by atoms with Crippen LogP contribution in [0.2, 0.25) is 0 Å². The van der Waals surface area contributed by atoms with Crippen LogP contribution in [0, 0.1) is 11.8 Å². The average Bonchev–Trinajstić information content (AvgIpc) is 2.82. The summed E-state index contributed by atoms with van der Waals surface area (Å²) in [6, 6.07) is -1.09. The van der Waals surface area contributed by atoms with Crippen molar-refractivity contribution in [3.05, 3.63) is 0 Å². The van der Waals surface area contributed by atoms with Crippen molar-refractivity contribution in [2.24, 2.45) is 11.8 Å². The van der Waals surface area contributed by atoms with Crippen LogP contribution in [0.5, 0.6) is 0 Å². The van der Waals surface area contributed by atoms with E-state index in [0.717, 1.165) is 0 Å². The van der Waals surface area contributed by atoms with Gasteiger partial charge in [0.15, 0.2) is 0 Å².